The summed E-state index contributed by atoms with van der Waals surface area (Å²) < 4.78 is 1.51. The normalized spacial score (nSPS) is 12.2. The molecule has 0 N–H and O–H groups in total. The average molecular weight is 299 g/mol. The molecule has 1 aliphatic rings. The van der Waals surface area contributed by atoms with E-state index in [1.165, 1.54) is 14.4 Å². The summed E-state index contributed by atoms with van der Waals surface area (Å²) in [5, 5.41) is 0. The summed E-state index contributed by atoms with van der Waals surface area (Å²) in [7, 11) is 0. The molecule has 0 fully saturated rings. The zero-order chi connectivity index (χ0) is 8.85. The van der Waals surface area contributed by atoms with Crippen LogP contribution in [0, 0.1) is 6.08 Å². The van der Waals surface area contributed by atoms with Crippen LogP contribution in [0.3, 0.4) is 0 Å². The second-order valence-corrected chi connectivity index (χ2v) is 5.35. The predicted molar refractivity (Wildman–Crippen MR) is 61.7 cm³/mol. The standard InChI is InChI=1S/C7H9.C3H6.2ClH.Zr/c1-6-4-3-5-7(6)2;1-3-2;;;/h4H,3H2,1-2H3;1-2H3;2*1H;/q-1;;;;. The number of allylic oxidation sites excluding steroid dienone is 4. The third-order valence-electron chi connectivity index (χ3n) is 1.37. The van der Waals surface area contributed by atoms with Gasteiger partial charge in [-0.15, -0.1) is 38.2 Å². The van der Waals surface area contributed by atoms with Crippen molar-refractivity contribution in [2.24, 2.45) is 0 Å². The van der Waals surface area contributed by atoms with Crippen molar-refractivity contribution in [1.82, 2.24) is 0 Å². The van der Waals surface area contributed by atoms with E-state index in [1.807, 2.05) is 0 Å². The Kier molecular flexibility index (Phi) is 16.2. The fraction of sp³-hybridized carbons (Fsp3) is 0.500. The van der Waals surface area contributed by atoms with Gasteiger partial charge in [0.1, 0.15) is 0 Å². The summed E-state index contributed by atoms with van der Waals surface area (Å²) in [6.07, 6.45) is 6.41. The monoisotopic (exact) mass is 297 g/mol. The van der Waals surface area contributed by atoms with Gasteiger partial charge < -0.3 is 0 Å². The Labute approximate surface area is 109 Å². The second kappa shape index (κ2) is 10.9. The van der Waals surface area contributed by atoms with Gasteiger partial charge in [0.05, 0.1) is 0 Å². The van der Waals surface area contributed by atoms with Crippen molar-refractivity contribution in [3.05, 3.63) is 23.3 Å². The van der Waals surface area contributed by atoms with Gasteiger partial charge >= 0.3 is 41.3 Å². The predicted octanol–water partition coefficient (Wildman–Crippen LogP) is 3.67. The van der Waals surface area contributed by atoms with Crippen LogP contribution in [0.2, 0.25) is 0 Å². The smallest absolute Gasteiger partial charge is 0.147 e. The van der Waals surface area contributed by atoms with Gasteiger partial charge in [-0.05, 0) is 0 Å². The number of hydrogen-bond acceptors (Lipinski definition) is 0. The third-order valence-corrected chi connectivity index (χ3v) is 1.37. The summed E-state index contributed by atoms with van der Waals surface area (Å²) in [4.78, 5) is 0. The van der Waals surface area contributed by atoms with Crippen LogP contribution in [0.15, 0.2) is 17.2 Å². The Bertz CT molecular complexity index is 185. The van der Waals surface area contributed by atoms with Gasteiger partial charge in [-0.25, -0.2) is 11.1 Å². The van der Waals surface area contributed by atoms with Crippen LogP contribution in [0.1, 0.15) is 34.1 Å². The van der Waals surface area contributed by atoms with Crippen molar-refractivity contribution in [3.8, 4) is 0 Å². The fourth-order valence-corrected chi connectivity index (χ4v) is 0.650. The maximum Gasteiger partial charge on any atom is -0.147 e. The topological polar surface area (TPSA) is 0 Å². The Morgan fingerprint density at radius 1 is 1.31 bits per heavy atom. The molecule has 0 aromatic rings. The van der Waals surface area contributed by atoms with E-state index < -0.39 is 0 Å². The molecule has 0 saturated carbocycles. The molecule has 0 aliphatic heterocycles. The van der Waals surface area contributed by atoms with Gasteiger partial charge in [0, 0.05) is 0 Å². The minimum Gasteiger partial charge on any atom is -0.147 e. The summed E-state index contributed by atoms with van der Waals surface area (Å²) >= 11 is 1.55. The second-order valence-electron chi connectivity index (χ2n) is 2.89. The molecular weight excluding hydrogens is 282 g/mol. The van der Waals surface area contributed by atoms with E-state index in [4.69, 9.17) is 0 Å². The van der Waals surface area contributed by atoms with Gasteiger partial charge in [0.25, 0.3) is 0 Å². The quantitative estimate of drug-likeness (QED) is 0.599. The number of hydrogen-bond donors (Lipinski definition) is 0. The average Bonchev–Trinajstić information content (AvgIpc) is 2.15. The molecule has 0 unspecified atom stereocenters. The molecule has 0 amide bonds. The zero-order valence-electron chi connectivity index (χ0n) is 8.60. The van der Waals surface area contributed by atoms with Crippen LogP contribution in [-0.2, 0) is 24.2 Å². The largest absolute Gasteiger partial charge is 0.147 e. The maximum atomic E-state index is 3.19. The Hall–Kier alpha value is 0.813. The van der Waals surface area contributed by atoms with E-state index in [-0.39, 0.29) is 24.8 Å². The molecule has 0 atom stereocenters. The molecule has 0 radical (unpaired) electrons. The maximum absolute atomic E-state index is 3.19. The van der Waals surface area contributed by atoms with Crippen molar-refractivity contribution >= 4 is 28.0 Å². The zero-order valence-corrected chi connectivity index (χ0v) is 12.7. The van der Waals surface area contributed by atoms with Crippen molar-refractivity contribution in [3.63, 3.8) is 0 Å². The summed E-state index contributed by atoms with van der Waals surface area (Å²) in [6, 6.07) is 0. The van der Waals surface area contributed by atoms with E-state index in [0.717, 1.165) is 6.42 Å². The molecule has 76 valence electrons. The molecule has 3 heteroatoms. The number of rotatable bonds is 0. The first-order valence-corrected chi connectivity index (χ1v) is 5.03. The van der Waals surface area contributed by atoms with E-state index in [2.05, 4.69) is 39.8 Å². The first-order chi connectivity index (χ1) is 5.04. The van der Waals surface area contributed by atoms with Crippen molar-refractivity contribution in [2.75, 3.05) is 0 Å². The van der Waals surface area contributed by atoms with E-state index in [0.29, 0.717) is 0 Å². The molecule has 13 heavy (non-hydrogen) atoms. The molecule has 1 rings (SSSR count). The third kappa shape index (κ3) is 12.8. The molecule has 1 aliphatic carbocycles. The summed E-state index contributed by atoms with van der Waals surface area (Å²) in [6.45, 7) is 8.46. The van der Waals surface area contributed by atoms with Crippen LogP contribution >= 0.6 is 24.8 Å². The molecule has 0 heterocycles. The molecule has 0 saturated heterocycles. The van der Waals surface area contributed by atoms with Crippen LogP contribution in [0.25, 0.3) is 0 Å². The van der Waals surface area contributed by atoms with E-state index >= 15 is 0 Å². The van der Waals surface area contributed by atoms with Crippen LogP contribution < -0.4 is 0 Å². The SMILES string of the molecule is CC1=[C-]CC=C1C.C[C](C)=[Zr].Cl.Cl. The van der Waals surface area contributed by atoms with Crippen molar-refractivity contribution in [1.29, 1.82) is 0 Å². The van der Waals surface area contributed by atoms with Crippen LogP contribution in [0.5, 0.6) is 0 Å². The summed E-state index contributed by atoms with van der Waals surface area (Å²) in [5.41, 5.74) is 2.71. The molecular formula is C10H17Cl2Zr-. The fourth-order valence-electron chi connectivity index (χ4n) is 0.650. The first kappa shape index (κ1) is 19.4. The molecule has 0 spiro atoms. The molecule has 0 bridgehead atoms. The van der Waals surface area contributed by atoms with Gasteiger partial charge in [-0.2, -0.15) is 6.08 Å². The van der Waals surface area contributed by atoms with Crippen LogP contribution in [-0.4, -0.2) is 3.21 Å². The van der Waals surface area contributed by atoms with E-state index in [9.17, 15) is 0 Å². The Morgan fingerprint density at radius 2 is 1.69 bits per heavy atom. The van der Waals surface area contributed by atoms with Crippen molar-refractivity contribution in [2.45, 2.75) is 34.1 Å². The Balaban J connectivity index is -0.000000150. The number of halogens is 2. The van der Waals surface area contributed by atoms with E-state index in [1.54, 1.807) is 24.2 Å². The molecule has 0 aromatic carbocycles. The van der Waals surface area contributed by atoms with Crippen LogP contribution in [0.4, 0.5) is 0 Å². The van der Waals surface area contributed by atoms with Gasteiger partial charge in [-0.1, -0.05) is 6.92 Å². The first-order valence-electron chi connectivity index (χ1n) is 3.80. The minimum absolute atomic E-state index is 0. The molecule has 0 nitrogen and oxygen atoms in total. The Morgan fingerprint density at radius 3 is 1.77 bits per heavy atom. The summed E-state index contributed by atoms with van der Waals surface area (Å²) in [5.74, 6) is 0. The minimum atomic E-state index is 0. The molecule has 0 aromatic heterocycles. The van der Waals surface area contributed by atoms with Crippen molar-refractivity contribution < 1.29 is 24.2 Å². The van der Waals surface area contributed by atoms with Gasteiger partial charge in [-0.3, -0.25) is 6.08 Å². The van der Waals surface area contributed by atoms with Gasteiger partial charge in [0.2, 0.25) is 0 Å². The van der Waals surface area contributed by atoms with Gasteiger partial charge in [0.15, 0.2) is 0 Å².